The molecule has 0 aliphatic heterocycles. The van der Waals surface area contributed by atoms with Crippen LogP contribution in [0.5, 0.6) is 11.5 Å². The highest BCUT2D eigenvalue weighted by atomic mass is 16.6. The van der Waals surface area contributed by atoms with Crippen molar-refractivity contribution in [2.75, 3.05) is 41.0 Å². The van der Waals surface area contributed by atoms with Crippen molar-refractivity contribution in [3.05, 3.63) is 59.7 Å². The molecule has 0 radical (unpaired) electrons. The summed E-state index contributed by atoms with van der Waals surface area (Å²) in [5.41, 5.74) is 2.26. The number of carbonyl (C=O) groups is 2. The SMILES string of the molecule is COc1cccc(CCc2ccccc2OC[C@H](CCN(C)C)OC(=O)CCC(=O)CCO)c1. The minimum Gasteiger partial charge on any atom is -0.497 e. The average Bonchev–Trinajstić information content (AvgIpc) is 2.83. The molecule has 0 unspecified atom stereocenters. The molecule has 1 N–H and O–H groups in total. The molecule has 0 bridgehead atoms. The molecular weight excluding hydrogens is 434 g/mol. The van der Waals surface area contributed by atoms with Crippen molar-refractivity contribution in [2.24, 2.45) is 0 Å². The summed E-state index contributed by atoms with van der Waals surface area (Å²) in [6.07, 6.45) is 2.00. The molecule has 0 saturated heterocycles. The Morgan fingerprint density at radius 2 is 1.79 bits per heavy atom. The van der Waals surface area contributed by atoms with Crippen molar-refractivity contribution in [3.63, 3.8) is 0 Å². The van der Waals surface area contributed by atoms with Crippen LogP contribution in [0.3, 0.4) is 0 Å². The lowest BCUT2D eigenvalue weighted by Crippen LogP contribution is -2.29. The minimum atomic E-state index is -0.426. The summed E-state index contributed by atoms with van der Waals surface area (Å²) in [7, 11) is 5.58. The third kappa shape index (κ3) is 10.4. The van der Waals surface area contributed by atoms with Crippen LogP contribution in [-0.2, 0) is 27.2 Å². The van der Waals surface area contributed by atoms with Crippen molar-refractivity contribution in [1.82, 2.24) is 4.90 Å². The van der Waals surface area contributed by atoms with Crippen LogP contribution >= 0.6 is 0 Å². The fourth-order valence-electron chi connectivity index (χ4n) is 3.46. The molecule has 2 aromatic rings. The molecule has 2 aromatic carbocycles. The van der Waals surface area contributed by atoms with Crippen LogP contribution in [0, 0.1) is 0 Å². The fourth-order valence-corrected chi connectivity index (χ4v) is 3.46. The first-order valence-electron chi connectivity index (χ1n) is 11.7. The Hall–Kier alpha value is -2.90. The zero-order valence-corrected chi connectivity index (χ0v) is 20.5. The Morgan fingerprint density at radius 1 is 1.00 bits per heavy atom. The summed E-state index contributed by atoms with van der Waals surface area (Å²) in [6.45, 7) is 0.771. The summed E-state index contributed by atoms with van der Waals surface area (Å²) in [6, 6.07) is 15.9. The number of Topliss-reactive ketones (excluding diaryl/α,β-unsaturated/α-hetero) is 1. The van der Waals surface area contributed by atoms with Gasteiger partial charge in [-0.05, 0) is 56.3 Å². The number of aryl methyl sites for hydroxylation is 2. The van der Waals surface area contributed by atoms with Crippen molar-refractivity contribution in [2.45, 2.75) is 44.6 Å². The van der Waals surface area contributed by atoms with Gasteiger partial charge in [0.2, 0.25) is 0 Å². The summed E-state index contributed by atoms with van der Waals surface area (Å²) >= 11 is 0. The number of benzene rings is 2. The Kier molecular flexibility index (Phi) is 12.1. The van der Waals surface area contributed by atoms with E-state index in [0.29, 0.717) is 6.42 Å². The number of methoxy groups -OCH3 is 1. The second-order valence-electron chi connectivity index (χ2n) is 8.49. The van der Waals surface area contributed by atoms with Crippen LogP contribution < -0.4 is 9.47 Å². The second-order valence-corrected chi connectivity index (χ2v) is 8.49. The molecule has 0 aromatic heterocycles. The van der Waals surface area contributed by atoms with Crippen molar-refractivity contribution in [3.8, 4) is 11.5 Å². The molecule has 34 heavy (non-hydrogen) atoms. The summed E-state index contributed by atoms with van der Waals surface area (Å²) in [5.74, 6) is 1.04. The molecule has 2 rings (SSSR count). The number of nitrogens with zero attached hydrogens (tertiary/aromatic N) is 1. The lowest BCUT2D eigenvalue weighted by Gasteiger charge is -2.21. The highest BCUT2D eigenvalue weighted by Crippen LogP contribution is 2.22. The van der Waals surface area contributed by atoms with Gasteiger partial charge in [-0.25, -0.2) is 0 Å². The second kappa shape index (κ2) is 15.1. The van der Waals surface area contributed by atoms with Crippen molar-refractivity contribution >= 4 is 11.8 Å². The average molecular weight is 472 g/mol. The quantitative estimate of drug-likeness (QED) is 0.375. The van der Waals surface area contributed by atoms with Crippen LogP contribution in [0.2, 0.25) is 0 Å². The molecule has 0 amide bonds. The van der Waals surface area contributed by atoms with Crippen LogP contribution in [-0.4, -0.2) is 68.8 Å². The van der Waals surface area contributed by atoms with E-state index in [-0.39, 0.29) is 38.3 Å². The van der Waals surface area contributed by atoms with Gasteiger partial charge in [-0.15, -0.1) is 0 Å². The van der Waals surface area contributed by atoms with Gasteiger partial charge in [0.25, 0.3) is 0 Å². The molecule has 7 nitrogen and oxygen atoms in total. The van der Waals surface area contributed by atoms with E-state index in [1.807, 2.05) is 61.5 Å². The zero-order valence-electron chi connectivity index (χ0n) is 20.5. The number of hydrogen-bond acceptors (Lipinski definition) is 7. The number of ether oxygens (including phenoxy) is 3. The molecule has 1 atom stereocenters. The number of carbonyl (C=O) groups excluding carboxylic acids is 2. The predicted molar refractivity (Wildman–Crippen MR) is 131 cm³/mol. The van der Waals surface area contributed by atoms with E-state index in [4.69, 9.17) is 19.3 Å². The molecule has 186 valence electrons. The minimum absolute atomic E-state index is 0.00836. The molecule has 0 heterocycles. The van der Waals surface area contributed by atoms with Gasteiger partial charge in [0.15, 0.2) is 0 Å². The number of ketones is 1. The highest BCUT2D eigenvalue weighted by Gasteiger charge is 2.18. The molecule has 0 saturated carbocycles. The molecule has 0 aliphatic rings. The first kappa shape index (κ1) is 27.3. The summed E-state index contributed by atoms with van der Waals surface area (Å²) in [5, 5.41) is 8.83. The van der Waals surface area contributed by atoms with E-state index in [9.17, 15) is 9.59 Å². The molecule has 7 heteroatoms. The predicted octanol–water partition coefficient (Wildman–Crippen LogP) is 3.45. The van der Waals surface area contributed by atoms with Crippen LogP contribution in [0.4, 0.5) is 0 Å². The van der Waals surface area contributed by atoms with Gasteiger partial charge in [-0.1, -0.05) is 30.3 Å². The van der Waals surface area contributed by atoms with Crippen molar-refractivity contribution in [1.29, 1.82) is 0 Å². The van der Waals surface area contributed by atoms with E-state index >= 15 is 0 Å². The summed E-state index contributed by atoms with van der Waals surface area (Å²) in [4.78, 5) is 25.9. The largest absolute Gasteiger partial charge is 0.497 e. The maximum atomic E-state index is 12.3. The standard InChI is InChI=1S/C27H37NO6/c1-28(2)17-15-25(34-27(31)14-13-23(30)16-18-29)20-33-26-10-5-4-8-22(26)12-11-21-7-6-9-24(19-21)32-3/h4-10,19,25,29H,11-18,20H2,1-3H3/t25-/m0/s1. The number of rotatable bonds is 16. The third-order valence-electron chi connectivity index (χ3n) is 5.41. The zero-order chi connectivity index (χ0) is 24.8. The molecule has 0 spiro atoms. The van der Waals surface area contributed by atoms with E-state index in [1.165, 1.54) is 5.56 Å². The van der Waals surface area contributed by atoms with Gasteiger partial charge >= 0.3 is 5.97 Å². The van der Waals surface area contributed by atoms with Gasteiger partial charge in [-0.2, -0.15) is 0 Å². The Labute approximate surface area is 202 Å². The number of para-hydroxylation sites is 1. The van der Waals surface area contributed by atoms with Gasteiger partial charge in [0, 0.05) is 32.4 Å². The Bertz CT molecular complexity index is 898. The number of aliphatic hydroxyl groups excluding tert-OH is 1. The first-order valence-corrected chi connectivity index (χ1v) is 11.7. The highest BCUT2D eigenvalue weighted by molar-refractivity contribution is 5.82. The number of aliphatic hydroxyl groups is 1. The normalized spacial score (nSPS) is 11.8. The van der Waals surface area contributed by atoms with Gasteiger partial charge < -0.3 is 24.2 Å². The molecule has 0 aliphatic carbocycles. The molecule has 0 fully saturated rings. The monoisotopic (exact) mass is 471 g/mol. The van der Waals surface area contributed by atoms with Gasteiger partial charge in [0.1, 0.15) is 30.0 Å². The van der Waals surface area contributed by atoms with Crippen LogP contribution in [0.15, 0.2) is 48.5 Å². The van der Waals surface area contributed by atoms with Crippen molar-refractivity contribution < 1.29 is 28.9 Å². The maximum Gasteiger partial charge on any atom is 0.306 e. The Balaban J connectivity index is 1.96. The molecular formula is C27H37NO6. The van der Waals surface area contributed by atoms with E-state index in [1.54, 1.807) is 7.11 Å². The third-order valence-corrected chi connectivity index (χ3v) is 5.41. The topological polar surface area (TPSA) is 85.3 Å². The van der Waals surface area contributed by atoms with E-state index in [2.05, 4.69) is 6.07 Å². The van der Waals surface area contributed by atoms with Crippen LogP contribution in [0.25, 0.3) is 0 Å². The smallest absolute Gasteiger partial charge is 0.306 e. The van der Waals surface area contributed by atoms with Gasteiger partial charge in [0.05, 0.1) is 13.5 Å². The van der Waals surface area contributed by atoms with Crippen LogP contribution in [0.1, 0.15) is 36.8 Å². The lowest BCUT2D eigenvalue weighted by molar-refractivity contribution is -0.152. The van der Waals surface area contributed by atoms with E-state index < -0.39 is 12.1 Å². The fraction of sp³-hybridized carbons (Fsp3) is 0.481. The Morgan fingerprint density at radius 3 is 2.53 bits per heavy atom. The summed E-state index contributed by atoms with van der Waals surface area (Å²) < 4.78 is 17.0. The number of esters is 1. The number of hydrogen-bond donors (Lipinski definition) is 1. The first-order chi connectivity index (χ1) is 16.4. The maximum absolute atomic E-state index is 12.3. The van der Waals surface area contributed by atoms with E-state index in [0.717, 1.165) is 36.4 Å². The lowest BCUT2D eigenvalue weighted by atomic mass is 10.0. The van der Waals surface area contributed by atoms with Gasteiger partial charge in [-0.3, -0.25) is 9.59 Å².